The highest BCUT2D eigenvalue weighted by Gasteiger charge is 2.48. The summed E-state index contributed by atoms with van der Waals surface area (Å²) in [5.41, 5.74) is 17.1. The van der Waals surface area contributed by atoms with Crippen LogP contribution in [0.5, 0.6) is 23.0 Å². The van der Waals surface area contributed by atoms with E-state index < -0.39 is 10.8 Å². The van der Waals surface area contributed by atoms with Crippen LogP contribution in [0.4, 0.5) is 0 Å². The molecule has 16 rings (SSSR count). The summed E-state index contributed by atoms with van der Waals surface area (Å²) in [5.74, 6) is 4.24. The maximum absolute atomic E-state index is 7.39. The van der Waals surface area contributed by atoms with Crippen LogP contribution < -0.4 is 9.47 Å². The molecular weight excluding hydrogens is 997 g/mol. The lowest BCUT2D eigenvalue weighted by atomic mass is 9.63. The first-order valence-corrected chi connectivity index (χ1v) is 28.2. The largest absolute Gasteiger partial charge is 0.456 e. The minimum Gasteiger partial charge on any atom is -0.456 e. The Hall–Kier alpha value is -10.6. The summed E-state index contributed by atoms with van der Waals surface area (Å²) in [5, 5.41) is 4.42. The number of para-hydroxylation sites is 6. The van der Waals surface area contributed by atoms with Crippen molar-refractivity contribution >= 4 is 32.6 Å². The average Bonchev–Trinajstić information content (AvgIpc) is 2.62. The molecule has 0 radical (unpaired) electrons. The van der Waals surface area contributed by atoms with E-state index in [0.717, 1.165) is 123 Å². The van der Waals surface area contributed by atoms with Crippen LogP contribution in [0.15, 0.2) is 297 Å². The van der Waals surface area contributed by atoms with Gasteiger partial charge in [0, 0.05) is 44.6 Å². The standard InChI is InChI=1S/C78H52N2O2/c1-51-79-70-47-25-42-63(74(70)80(51)56-34-15-6-16-35-56)73-59-38-21-36-57(61-40-23-45-68-75(61)81-71-48-19-17-43-66(71)77(68,52-26-7-2-8-27-52)53-28-9-3-10-29-53)64(59)50-65-58(37-22-39-60(65)73)62-41-24-46-69-76(62)82-72-49-20-18-44-67(72)78(69,54-30-11-4-12-31-54)55-32-13-5-14-33-55/h2-50H,1H3. The highest BCUT2D eigenvalue weighted by atomic mass is 16.5. The lowest BCUT2D eigenvalue weighted by molar-refractivity contribution is 0.436. The van der Waals surface area contributed by atoms with E-state index in [1.165, 1.54) is 22.3 Å². The highest BCUT2D eigenvalue weighted by Crippen LogP contribution is 2.60. The topological polar surface area (TPSA) is 36.3 Å². The third-order valence-electron chi connectivity index (χ3n) is 17.4. The summed E-state index contributed by atoms with van der Waals surface area (Å²) in [6.45, 7) is 2.11. The fraction of sp³-hybridized carbons (Fsp3) is 0.0385. The average molecular weight is 1050 g/mol. The van der Waals surface area contributed by atoms with Gasteiger partial charge in [-0.1, -0.05) is 261 Å². The van der Waals surface area contributed by atoms with Crippen molar-refractivity contribution in [3.63, 3.8) is 0 Å². The second kappa shape index (κ2) is 18.8. The van der Waals surface area contributed by atoms with Crippen LogP contribution in [-0.4, -0.2) is 9.55 Å². The number of fused-ring (bicyclic) bond motifs is 7. The number of hydrogen-bond donors (Lipinski definition) is 0. The SMILES string of the molecule is Cc1nc2cccc(-c3c4cccc(-c5cccc6c5Oc5ccccc5C6(c5ccccc5)c5ccccc5)c4cc4c(-c5cccc6c5Oc5ccccc5C6(c5ccccc5)c5ccccc5)cccc34)c2n1-c1ccccc1. The first-order chi connectivity index (χ1) is 40.6. The third-order valence-corrected chi connectivity index (χ3v) is 17.4. The molecule has 0 bridgehead atoms. The van der Waals surface area contributed by atoms with Crippen LogP contribution in [0.25, 0.3) is 71.6 Å². The molecule has 1 aromatic heterocycles. The fourth-order valence-corrected chi connectivity index (χ4v) is 14.1. The molecule has 14 aromatic rings. The number of aryl methyl sites for hydroxylation is 1. The third kappa shape index (κ3) is 6.88. The minimum absolute atomic E-state index is 0.693. The molecule has 0 aliphatic carbocycles. The molecule has 0 spiro atoms. The number of rotatable bonds is 8. The number of aromatic nitrogens is 2. The van der Waals surface area contributed by atoms with Crippen molar-refractivity contribution in [2.24, 2.45) is 0 Å². The Morgan fingerprint density at radius 2 is 0.683 bits per heavy atom. The zero-order chi connectivity index (χ0) is 54.4. The first kappa shape index (κ1) is 47.4. The molecule has 0 fully saturated rings. The summed E-state index contributed by atoms with van der Waals surface area (Å²) in [6.07, 6.45) is 0. The molecule has 4 heteroatoms. The van der Waals surface area contributed by atoms with Crippen LogP contribution in [-0.2, 0) is 10.8 Å². The van der Waals surface area contributed by atoms with Gasteiger partial charge in [-0.25, -0.2) is 4.98 Å². The van der Waals surface area contributed by atoms with E-state index in [2.05, 4.69) is 309 Å². The van der Waals surface area contributed by atoms with Crippen molar-refractivity contribution in [3.05, 3.63) is 348 Å². The molecular formula is C78H52N2O2. The van der Waals surface area contributed by atoms with Crippen molar-refractivity contribution in [1.82, 2.24) is 9.55 Å². The van der Waals surface area contributed by atoms with Crippen LogP contribution >= 0.6 is 0 Å². The van der Waals surface area contributed by atoms with Gasteiger partial charge in [0.15, 0.2) is 0 Å². The van der Waals surface area contributed by atoms with Gasteiger partial charge in [0.05, 0.1) is 21.9 Å². The molecule has 0 amide bonds. The van der Waals surface area contributed by atoms with Gasteiger partial charge in [-0.05, 0) is 104 Å². The predicted molar refractivity (Wildman–Crippen MR) is 334 cm³/mol. The first-order valence-electron chi connectivity index (χ1n) is 28.2. The van der Waals surface area contributed by atoms with E-state index in [1.54, 1.807) is 0 Å². The quantitative estimate of drug-likeness (QED) is 0.142. The van der Waals surface area contributed by atoms with Crippen molar-refractivity contribution in [1.29, 1.82) is 0 Å². The van der Waals surface area contributed by atoms with Gasteiger partial charge in [0.1, 0.15) is 28.8 Å². The van der Waals surface area contributed by atoms with Crippen LogP contribution in [0.3, 0.4) is 0 Å². The Bertz CT molecular complexity index is 4480. The van der Waals surface area contributed by atoms with Gasteiger partial charge in [-0.3, -0.25) is 4.57 Å². The Balaban J connectivity index is 1.02. The van der Waals surface area contributed by atoms with E-state index in [0.29, 0.717) is 0 Å². The summed E-state index contributed by atoms with van der Waals surface area (Å²) in [4.78, 5) is 5.26. The van der Waals surface area contributed by atoms with Crippen molar-refractivity contribution in [2.75, 3.05) is 0 Å². The number of benzene rings is 13. The van der Waals surface area contributed by atoms with Gasteiger partial charge in [-0.2, -0.15) is 0 Å². The second-order valence-corrected chi connectivity index (χ2v) is 21.6. The fourth-order valence-electron chi connectivity index (χ4n) is 14.1. The Morgan fingerprint density at radius 3 is 1.15 bits per heavy atom. The summed E-state index contributed by atoms with van der Waals surface area (Å²) in [6, 6.07) is 108. The highest BCUT2D eigenvalue weighted by molar-refractivity contribution is 6.21. The minimum atomic E-state index is -0.693. The normalized spacial score (nSPS) is 13.6. The number of hydrogen-bond acceptors (Lipinski definition) is 3. The molecule has 0 saturated carbocycles. The monoisotopic (exact) mass is 1050 g/mol. The van der Waals surface area contributed by atoms with E-state index in [1.807, 2.05) is 0 Å². The van der Waals surface area contributed by atoms with Gasteiger partial charge < -0.3 is 9.47 Å². The molecule has 0 unspecified atom stereocenters. The van der Waals surface area contributed by atoms with E-state index in [9.17, 15) is 0 Å². The van der Waals surface area contributed by atoms with Gasteiger partial charge in [0.2, 0.25) is 0 Å². The number of imidazole rings is 1. The molecule has 0 N–H and O–H groups in total. The van der Waals surface area contributed by atoms with E-state index in [4.69, 9.17) is 14.5 Å². The maximum atomic E-state index is 7.39. The van der Waals surface area contributed by atoms with Crippen LogP contribution in [0.2, 0.25) is 0 Å². The molecule has 0 atom stereocenters. The zero-order valence-corrected chi connectivity index (χ0v) is 45.0. The lowest BCUT2D eigenvalue weighted by Crippen LogP contribution is -2.34. The Morgan fingerprint density at radius 1 is 0.317 bits per heavy atom. The van der Waals surface area contributed by atoms with Crippen molar-refractivity contribution < 1.29 is 9.47 Å². The molecule has 3 heterocycles. The predicted octanol–water partition coefficient (Wildman–Crippen LogP) is 19.6. The maximum Gasteiger partial charge on any atom is 0.140 e. The zero-order valence-electron chi connectivity index (χ0n) is 45.0. The Kier molecular flexibility index (Phi) is 10.9. The van der Waals surface area contributed by atoms with Gasteiger partial charge in [0.25, 0.3) is 0 Å². The Labute approximate surface area is 476 Å². The summed E-state index contributed by atoms with van der Waals surface area (Å²) in [7, 11) is 0. The van der Waals surface area contributed by atoms with E-state index in [-0.39, 0.29) is 0 Å². The summed E-state index contributed by atoms with van der Waals surface area (Å²) >= 11 is 0. The van der Waals surface area contributed by atoms with Gasteiger partial charge in [-0.15, -0.1) is 0 Å². The van der Waals surface area contributed by atoms with E-state index >= 15 is 0 Å². The molecule has 386 valence electrons. The molecule has 0 saturated heterocycles. The number of ether oxygens (including phenoxy) is 2. The van der Waals surface area contributed by atoms with Crippen molar-refractivity contribution in [2.45, 2.75) is 17.8 Å². The summed E-state index contributed by atoms with van der Waals surface area (Å²) < 4.78 is 17.1. The van der Waals surface area contributed by atoms with Crippen LogP contribution in [0.1, 0.15) is 50.3 Å². The van der Waals surface area contributed by atoms with Crippen molar-refractivity contribution in [3.8, 4) is 62.1 Å². The number of nitrogens with zero attached hydrogens (tertiary/aromatic N) is 2. The molecule has 2 aliphatic rings. The molecule has 82 heavy (non-hydrogen) atoms. The van der Waals surface area contributed by atoms with Crippen LogP contribution in [0, 0.1) is 6.92 Å². The molecule has 2 aliphatic heterocycles. The lowest BCUT2D eigenvalue weighted by Gasteiger charge is -2.42. The molecule has 13 aromatic carbocycles. The van der Waals surface area contributed by atoms with Gasteiger partial charge >= 0.3 is 0 Å². The second-order valence-electron chi connectivity index (χ2n) is 21.6. The molecule has 4 nitrogen and oxygen atoms in total. The smallest absolute Gasteiger partial charge is 0.140 e.